The minimum absolute atomic E-state index is 0.0707. The monoisotopic (exact) mass is 305 g/mol. The van der Waals surface area contributed by atoms with E-state index in [9.17, 15) is 13.2 Å². The number of nitrogen functional groups attached to an aromatic ring is 1. The molecule has 0 fully saturated rings. The Morgan fingerprint density at radius 3 is 2.53 bits per heavy atom. The lowest BCUT2D eigenvalue weighted by molar-refractivity contribution is -0.130. The predicted molar refractivity (Wildman–Crippen MR) is 74.3 cm³/mol. The quantitative estimate of drug-likeness (QED) is 0.800. The highest BCUT2D eigenvalue weighted by molar-refractivity contribution is 7.89. The highest BCUT2D eigenvalue weighted by Crippen LogP contribution is 2.22. The standard InChI is InChI=1S/C11H16ClN3O3S/c1-7(11(16)15(2)3)14-19(17,18)10-6-8(12)4-5-9(10)13/h4-7,14H,13H2,1-3H3. The maximum Gasteiger partial charge on any atom is 0.243 e. The number of nitrogens with two attached hydrogens (primary N) is 1. The Bertz CT molecular complexity index is 587. The van der Waals surface area contributed by atoms with Gasteiger partial charge >= 0.3 is 0 Å². The molecule has 0 aromatic heterocycles. The van der Waals surface area contributed by atoms with E-state index in [0.29, 0.717) is 0 Å². The van der Waals surface area contributed by atoms with Gasteiger partial charge in [0.1, 0.15) is 4.90 Å². The van der Waals surface area contributed by atoms with Crippen LogP contribution in [0.3, 0.4) is 0 Å². The van der Waals surface area contributed by atoms with E-state index in [2.05, 4.69) is 4.72 Å². The number of sulfonamides is 1. The van der Waals surface area contributed by atoms with Crippen LogP contribution >= 0.6 is 11.6 Å². The fraction of sp³-hybridized carbons (Fsp3) is 0.364. The summed E-state index contributed by atoms with van der Waals surface area (Å²) < 4.78 is 26.5. The first-order valence-corrected chi connectivity index (χ1v) is 7.30. The number of carbonyl (C=O) groups excluding carboxylic acids is 1. The van der Waals surface area contributed by atoms with Gasteiger partial charge in [-0.2, -0.15) is 4.72 Å². The number of rotatable bonds is 4. The number of halogens is 1. The molecule has 0 aliphatic heterocycles. The normalized spacial score (nSPS) is 13.1. The minimum atomic E-state index is -3.90. The van der Waals surface area contributed by atoms with Crippen LogP contribution in [0.5, 0.6) is 0 Å². The molecule has 0 radical (unpaired) electrons. The third-order valence-electron chi connectivity index (χ3n) is 2.41. The van der Waals surface area contributed by atoms with Gasteiger partial charge in [-0.25, -0.2) is 8.42 Å². The van der Waals surface area contributed by atoms with E-state index in [1.54, 1.807) is 14.1 Å². The van der Waals surface area contributed by atoms with Crippen LogP contribution in [0.4, 0.5) is 5.69 Å². The predicted octanol–water partition coefficient (Wildman–Crippen LogP) is 0.677. The van der Waals surface area contributed by atoms with Crippen molar-refractivity contribution in [1.29, 1.82) is 0 Å². The molecule has 106 valence electrons. The summed E-state index contributed by atoms with van der Waals surface area (Å²) in [6.07, 6.45) is 0. The molecule has 1 amide bonds. The molecule has 1 rings (SSSR count). The van der Waals surface area contributed by atoms with Crippen LogP contribution in [0.25, 0.3) is 0 Å². The first-order valence-electron chi connectivity index (χ1n) is 5.43. The van der Waals surface area contributed by atoms with Crippen molar-refractivity contribution in [2.75, 3.05) is 19.8 Å². The van der Waals surface area contributed by atoms with Crippen molar-refractivity contribution in [2.24, 2.45) is 0 Å². The number of anilines is 1. The largest absolute Gasteiger partial charge is 0.398 e. The van der Waals surface area contributed by atoms with E-state index in [1.165, 1.54) is 30.0 Å². The van der Waals surface area contributed by atoms with E-state index < -0.39 is 16.1 Å². The summed E-state index contributed by atoms with van der Waals surface area (Å²) in [5.74, 6) is -0.357. The minimum Gasteiger partial charge on any atom is -0.398 e. The lowest BCUT2D eigenvalue weighted by atomic mass is 10.3. The van der Waals surface area contributed by atoms with Crippen LogP contribution in [0.15, 0.2) is 23.1 Å². The highest BCUT2D eigenvalue weighted by Gasteiger charge is 2.24. The van der Waals surface area contributed by atoms with Gasteiger partial charge in [0.2, 0.25) is 15.9 Å². The molecule has 0 aliphatic carbocycles. The Hall–Kier alpha value is -1.31. The summed E-state index contributed by atoms with van der Waals surface area (Å²) in [6, 6.07) is 3.24. The zero-order valence-corrected chi connectivity index (χ0v) is 12.4. The molecule has 0 bridgehead atoms. The molecule has 1 atom stereocenters. The van der Waals surface area contributed by atoms with E-state index >= 15 is 0 Å². The van der Waals surface area contributed by atoms with Crippen molar-refractivity contribution in [2.45, 2.75) is 17.9 Å². The molecule has 0 heterocycles. The fourth-order valence-corrected chi connectivity index (χ4v) is 3.07. The third kappa shape index (κ3) is 3.82. The van der Waals surface area contributed by atoms with E-state index in [1.807, 2.05) is 0 Å². The van der Waals surface area contributed by atoms with Crippen molar-refractivity contribution in [3.05, 3.63) is 23.2 Å². The van der Waals surface area contributed by atoms with Crippen molar-refractivity contribution in [3.63, 3.8) is 0 Å². The summed E-state index contributed by atoms with van der Waals surface area (Å²) in [6.45, 7) is 1.46. The summed E-state index contributed by atoms with van der Waals surface area (Å²) in [5, 5.41) is 0.251. The van der Waals surface area contributed by atoms with Gasteiger partial charge in [0.25, 0.3) is 0 Å². The molecular weight excluding hydrogens is 290 g/mol. The maximum atomic E-state index is 12.1. The van der Waals surface area contributed by atoms with Crippen LogP contribution in [-0.4, -0.2) is 39.4 Å². The van der Waals surface area contributed by atoms with Crippen molar-refractivity contribution >= 4 is 33.2 Å². The van der Waals surface area contributed by atoms with E-state index in [0.717, 1.165) is 0 Å². The number of likely N-dealkylation sites (N-methyl/N-ethyl adjacent to an activating group) is 1. The molecule has 0 spiro atoms. The lowest BCUT2D eigenvalue weighted by Crippen LogP contribution is -2.44. The Balaban J connectivity index is 3.05. The number of nitrogens with one attached hydrogen (secondary N) is 1. The van der Waals surface area contributed by atoms with Gasteiger partial charge in [0.05, 0.1) is 11.7 Å². The number of benzene rings is 1. The second-order valence-electron chi connectivity index (χ2n) is 4.26. The molecule has 0 saturated heterocycles. The van der Waals surface area contributed by atoms with Gasteiger partial charge in [-0.3, -0.25) is 4.79 Å². The number of nitrogens with zero attached hydrogens (tertiary/aromatic N) is 1. The van der Waals surface area contributed by atoms with Crippen LogP contribution in [0.2, 0.25) is 5.02 Å². The number of amides is 1. The van der Waals surface area contributed by atoms with Gasteiger partial charge in [-0.15, -0.1) is 0 Å². The molecule has 6 nitrogen and oxygen atoms in total. The molecule has 8 heteroatoms. The summed E-state index contributed by atoms with van der Waals surface area (Å²) >= 11 is 5.75. The Kier molecular flexibility index (Phi) is 4.78. The van der Waals surface area contributed by atoms with Crippen LogP contribution in [0.1, 0.15) is 6.92 Å². The fourth-order valence-electron chi connectivity index (χ4n) is 1.47. The molecule has 1 aromatic carbocycles. The number of hydrogen-bond acceptors (Lipinski definition) is 4. The molecule has 19 heavy (non-hydrogen) atoms. The molecular formula is C11H16ClN3O3S. The van der Waals surface area contributed by atoms with Crippen molar-refractivity contribution in [1.82, 2.24) is 9.62 Å². The smallest absolute Gasteiger partial charge is 0.243 e. The van der Waals surface area contributed by atoms with Gasteiger partial charge < -0.3 is 10.6 Å². The maximum absolute atomic E-state index is 12.1. The first kappa shape index (κ1) is 15.7. The van der Waals surface area contributed by atoms with E-state index in [4.69, 9.17) is 17.3 Å². The topological polar surface area (TPSA) is 92.5 Å². The number of hydrogen-bond donors (Lipinski definition) is 2. The SMILES string of the molecule is CC(NS(=O)(=O)c1cc(Cl)ccc1N)C(=O)N(C)C. The molecule has 1 unspecified atom stereocenters. The van der Waals surface area contributed by atoms with E-state index in [-0.39, 0.29) is 21.5 Å². The zero-order valence-electron chi connectivity index (χ0n) is 10.8. The molecule has 0 saturated carbocycles. The Morgan fingerprint density at radius 2 is 2.00 bits per heavy atom. The van der Waals surface area contributed by atoms with Gasteiger partial charge in [-0.05, 0) is 25.1 Å². The van der Waals surface area contributed by atoms with Crippen LogP contribution in [0, 0.1) is 0 Å². The van der Waals surface area contributed by atoms with Crippen molar-refractivity contribution < 1.29 is 13.2 Å². The molecule has 3 N–H and O–H groups in total. The second kappa shape index (κ2) is 5.77. The molecule has 0 aliphatic rings. The van der Waals surface area contributed by atoms with Gasteiger partial charge in [0.15, 0.2) is 0 Å². The average Bonchev–Trinajstić information content (AvgIpc) is 2.30. The van der Waals surface area contributed by atoms with Crippen LogP contribution in [-0.2, 0) is 14.8 Å². The Morgan fingerprint density at radius 1 is 1.42 bits per heavy atom. The highest BCUT2D eigenvalue weighted by atomic mass is 35.5. The summed E-state index contributed by atoms with van der Waals surface area (Å²) in [7, 11) is -0.813. The van der Waals surface area contributed by atoms with Crippen molar-refractivity contribution in [3.8, 4) is 0 Å². The zero-order chi connectivity index (χ0) is 14.8. The lowest BCUT2D eigenvalue weighted by Gasteiger charge is -2.18. The first-order chi connectivity index (χ1) is 8.65. The second-order valence-corrected chi connectivity index (χ2v) is 6.38. The average molecular weight is 306 g/mol. The van der Waals surface area contributed by atoms with Crippen LogP contribution < -0.4 is 10.5 Å². The third-order valence-corrected chi connectivity index (χ3v) is 4.24. The van der Waals surface area contributed by atoms with Gasteiger partial charge in [0, 0.05) is 19.1 Å². The van der Waals surface area contributed by atoms with Gasteiger partial charge in [-0.1, -0.05) is 11.6 Å². The molecule has 1 aromatic rings. The Labute approximate surface area is 117 Å². The summed E-state index contributed by atoms with van der Waals surface area (Å²) in [4.78, 5) is 12.8. The number of carbonyl (C=O) groups is 1. The summed E-state index contributed by atoms with van der Waals surface area (Å²) in [5.41, 5.74) is 5.68.